The zero-order valence-electron chi connectivity index (χ0n) is 16.5. The molecular formula is C21H22N4O2S. The van der Waals surface area contributed by atoms with Crippen LogP contribution in [0.2, 0.25) is 0 Å². The summed E-state index contributed by atoms with van der Waals surface area (Å²) >= 11 is 1.47. The van der Waals surface area contributed by atoms with Crippen molar-refractivity contribution in [3.05, 3.63) is 51.4 Å². The third-order valence-electron chi connectivity index (χ3n) is 4.58. The van der Waals surface area contributed by atoms with Crippen LogP contribution in [-0.4, -0.2) is 25.6 Å². The zero-order chi connectivity index (χ0) is 20.0. The molecule has 0 aliphatic carbocycles. The summed E-state index contributed by atoms with van der Waals surface area (Å²) in [6, 6.07) is 6.11. The second-order valence-corrected chi connectivity index (χ2v) is 8.36. The largest absolute Gasteiger partial charge is 0.491 e. The monoisotopic (exact) mass is 394 g/mol. The van der Waals surface area contributed by atoms with Crippen molar-refractivity contribution in [3.63, 3.8) is 0 Å². The maximum atomic E-state index is 12.7. The fourth-order valence-corrected chi connectivity index (χ4v) is 4.34. The molecule has 3 heterocycles. The minimum atomic E-state index is -0.140. The predicted molar refractivity (Wildman–Crippen MR) is 113 cm³/mol. The van der Waals surface area contributed by atoms with E-state index in [2.05, 4.69) is 16.0 Å². The van der Waals surface area contributed by atoms with Gasteiger partial charge in [-0.15, -0.1) is 11.3 Å². The van der Waals surface area contributed by atoms with Gasteiger partial charge in [-0.3, -0.25) is 4.79 Å². The number of aryl methyl sites for hydroxylation is 3. The van der Waals surface area contributed by atoms with Gasteiger partial charge in [-0.05, 0) is 51.0 Å². The molecular weight excluding hydrogens is 372 g/mol. The number of thiophene rings is 1. The number of nitrogens with zero attached hydrogens (tertiary/aromatic N) is 3. The highest BCUT2D eigenvalue weighted by atomic mass is 32.1. The van der Waals surface area contributed by atoms with Gasteiger partial charge in [0.2, 0.25) is 0 Å². The van der Waals surface area contributed by atoms with Crippen LogP contribution in [0.25, 0.3) is 33.0 Å². The molecule has 0 spiro atoms. The molecule has 0 bridgehead atoms. The fraction of sp³-hybridized carbons (Fsp3) is 0.286. The van der Waals surface area contributed by atoms with E-state index in [0.29, 0.717) is 21.9 Å². The minimum absolute atomic E-state index is 0.119. The lowest BCUT2D eigenvalue weighted by Gasteiger charge is -2.13. The van der Waals surface area contributed by atoms with Crippen LogP contribution >= 0.6 is 11.3 Å². The van der Waals surface area contributed by atoms with Gasteiger partial charge in [-0.2, -0.15) is 0 Å². The van der Waals surface area contributed by atoms with E-state index in [1.54, 1.807) is 6.20 Å². The molecule has 0 fully saturated rings. The van der Waals surface area contributed by atoms with E-state index in [9.17, 15) is 4.79 Å². The Bertz CT molecular complexity index is 1230. The molecule has 0 aliphatic rings. The molecule has 0 unspecified atom stereocenters. The smallest absolute Gasteiger partial charge is 0.269 e. The molecule has 7 heteroatoms. The Hall–Kier alpha value is -2.93. The molecule has 28 heavy (non-hydrogen) atoms. The lowest BCUT2D eigenvalue weighted by molar-refractivity contribution is 0.241. The number of ether oxygens (including phenoxy) is 1. The number of H-pyrrole nitrogens is 1. The number of imidazole rings is 1. The molecule has 1 N–H and O–H groups in total. The number of aromatic amines is 1. The average Bonchev–Trinajstić information content (AvgIpc) is 3.19. The number of fused-ring (bicyclic) bond motifs is 1. The van der Waals surface area contributed by atoms with E-state index in [4.69, 9.17) is 9.72 Å². The first kappa shape index (κ1) is 18.4. The third kappa shape index (κ3) is 3.11. The SMILES string of the molecule is Cc1cc(-c2c(C)sc3c(=O)[nH]c(-c4nccn4C)nc23)ccc1OC(C)C. The van der Waals surface area contributed by atoms with Crippen molar-refractivity contribution in [1.29, 1.82) is 0 Å². The Morgan fingerprint density at radius 1 is 1.25 bits per heavy atom. The van der Waals surface area contributed by atoms with Crippen LogP contribution in [0.5, 0.6) is 5.75 Å². The maximum Gasteiger partial charge on any atom is 0.269 e. The highest BCUT2D eigenvalue weighted by Crippen LogP contribution is 2.37. The van der Waals surface area contributed by atoms with Crippen LogP contribution in [0.3, 0.4) is 0 Å². The quantitative estimate of drug-likeness (QED) is 0.555. The van der Waals surface area contributed by atoms with Crippen LogP contribution in [0.1, 0.15) is 24.3 Å². The van der Waals surface area contributed by atoms with E-state index < -0.39 is 0 Å². The molecule has 0 saturated carbocycles. The topological polar surface area (TPSA) is 72.8 Å². The standard InChI is InChI=1S/C21H22N4O2S/c1-11(2)27-15-7-6-14(10-12(15)3)16-13(4)28-18-17(16)23-19(24-21(18)26)20-22-8-9-25(20)5/h6-11H,1-5H3,(H,23,24,26). The van der Waals surface area contributed by atoms with E-state index >= 15 is 0 Å². The molecule has 0 radical (unpaired) electrons. The van der Waals surface area contributed by atoms with Gasteiger partial charge in [0.1, 0.15) is 10.4 Å². The van der Waals surface area contributed by atoms with Crippen LogP contribution in [0.4, 0.5) is 0 Å². The van der Waals surface area contributed by atoms with Gasteiger partial charge >= 0.3 is 0 Å². The molecule has 3 aromatic heterocycles. The van der Waals surface area contributed by atoms with Crippen molar-refractivity contribution in [2.45, 2.75) is 33.8 Å². The first-order chi connectivity index (χ1) is 13.3. The summed E-state index contributed by atoms with van der Waals surface area (Å²) in [5.41, 5.74) is 3.64. The summed E-state index contributed by atoms with van der Waals surface area (Å²) in [5.74, 6) is 1.97. The van der Waals surface area contributed by atoms with Gasteiger partial charge in [0, 0.05) is 29.9 Å². The summed E-state index contributed by atoms with van der Waals surface area (Å²) in [4.78, 5) is 25.7. The Morgan fingerprint density at radius 3 is 2.68 bits per heavy atom. The Balaban J connectivity index is 1.91. The van der Waals surface area contributed by atoms with E-state index in [1.165, 1.54) is 11.3 Å². The summed E-state index contributed by atoms with van der Waals surface area (Å²) in [7, 11) is 1.88. The molecule has 4 aromatic rings. The van der Waals surface area contributed by atoms with E-state index in [0.717, 1.165) is 27.3 Å². The van der Waals surface area contributed by atoms with Gasteiger partial charge in [0.25, 0.3) is 5.56 Å². The van der Waals surface area contributed by atoms with Crippen molar-refractivity contribution in [1.82, 2.24) is 19.5 Å². The summed E-state index contributed by atoms with van der Waals surface area (Å²) in [6.45, 7) is 8.08. The van der Waals surface area contributed by atoms with Crippen molar-refractivity contribution in [2.75, 3.05) is 0 Å². The molecule has 0 amide bonds. The second-order valence-electron chi connectivity index (χ2n) is 7.13. The molecule has 144 valence electrons. The summed E-state index contributed by atoms with van der Waals surface area (Å²) < 4.78 is 8.33. The van der Waals surface area contributed by atoms with Gasteiger partial charge in [-0.25, -0.2) is 9.97 Å². The normalized spacial score (nSPS) is 11.5. The number of benzene rings is 1. The summed E-state index contributed by atoms with van der Waals surface area (Å²) in [5, 5.41) is 0. The van der Waals surface area contributed by atoms with Crippen LogP contribution < -0.4 is 10.3 Å². The van der Waals surface area contributed by atoms with Crippen molar-refractivity contribution in [2.24, 2.45) is 7.05 Å². The summed E-state index contributed by atoms with van der Waals surface area (Å²) in [6.07, 6.45) is 3.64. The highest BCUT2D eigenvalue weighted by molar-refractivity contribution is 7.19. The Morgan fingerprint density at radius 2 is 2.04 bits per heavy atom. The number of rotatable bonds is 4. The molecule has 0 atom stereocenters. The van der Waals surface area contributed by atoms with Gasteiger partial charge in [0.05, 0.1) is 11.6 Å². The van der Waals surface area contributed by atoms with E-state index in [-0.39, 0.29) is 11.7 Å². The third-order valence-corrected chi connectivity index (χ3v) is 5.67. The molecule has 1 aromatic carbocycles. The van der Waals surface area contributed by atoms with Crippen LogP contribution in [-0.2, 0) is 7.05 Å². The number of nitrogens with one attached hydrogen (secondary N) is 1. The van der Waals surface area contributed by atoms with E-state index in [1.807, 2.05) is 57.6 Å². The highest BCUT2D eigenvalue weighted by Gasteiger charge is 2.19. The number of hydrogen-bond donors (Lipinski definition) is 1. The van der Waals surface area contributed by atoms with Crippen molar-refractivity contribution < 1.29 is 4.74 Å². The molecule has 4 rings (SSSR count). The Labute approximate surface area is 166 Å². The zero-order valence-corrected chi connectivity index (χ0v) is 17.3. The van der Waals surface area contributed by atoms with Crippen molar-refractivity contribution >= 4 is 21.6 Å². The minimum Gasteiger partial charge on any atom is -0.491 e. The second kappa shape index (κ2) is 6.91. The number of aromatic nitrogens is 4. The van der Waals surface area contributed by atoms with Gasteiger partial charge in [0.15, 0.2) is 11.6 Å². The average molecular weight is 395 g/mol. The van der Waals surface area contributed by atoms with Crippen molar-refractivity contribution in [3.8, 4) is 28.5 Å². The van der Waals surface area contributed by atoms with Gasteiger partial charge < -0.3 is 14.3 Å². The Kier molecular flexibility index (Phi) is 4.55. The lowest BCUT2D eigenvalue weighted by atomic mass is 10.0. The van der Waals surface area contributed by atoms with Crippen LogP contribution in [0.15, 0.2) is 35.4 Å². The first-order valence-electron chi connectivity index (χ1n) is 9.14. The van der Waals surface area contributed by atoms with Gasteiger partial charge in [-0.1, -0.05) is 6.07 Å². The number of hydrogen-bond acceptors (Lipinski definition) is 5. The predicted octanol–water partition coefficient (Wildman–Crippen LogP) is 4.46. The first-order valence-corrected chi connectivity index (χ1v) is 9.95. The lowest BCUT2D eigenvalue weighted by Crippen LogP contribution is -2.09. The maximum absolute atomic E-state index is 12.7. The molecule has 6 nitrogen and oxygen atoms in total. The fourth-order valence-electron chi connectivity index (χ4n) is 3.33. The van der Waals surface area contributed by atoms with Crippen LogP contribution in [0, 0.1) is 13.8 Å². The molecule has 0 aliphatic heterocycles. The molecule has 0 saturated heterocycles.